The fraction of sp³-hybridized carbons (Fsp3) is 1.00. The van der Waals surface area contributed by atoms with E-state index < -0.39 is 0 Å². The lowest BCUT2D eigenvalue weighted by Gasteiger charge is -2.06. The molecule has 2 nitrogen and oxygen atoms in total. The summed E-state index contributed by atoms with van der Waals surface area (Å²) in [6.07, 6.45) is 0. The molecule has 51 valence electrons. The van der Waals surface area contributed by atoms with Gasteiger partial charge in [-0.25, -0.2) is 5.32 Å². The smallest absolute Gasteiger partial charge is 0.0177 e. The van der Waals surface area contributed by atoms with Gasteiger partial charge in [-0.3, -0.25) is 0 Å². The number of hydrogen-bond acceptors (Lipinski definition) is 1. The largest absolute Gasteiger partial charge is 0.306 e. The van der Waals surface area contributed by atoms with Gasteiger partial charge in [-0.2, -0.15) is 0 Å². The summed E-state index contributed by atoms with van der Waals surface area (Å²) in [4.78, 5) is 2.42. The van der Waals surface area contributed by atoms with Gasteiger partial charge in [0.05, 0.1) is 0 Å². The van der Waals surface area contributed by atoms with Gasteiger partial charge in [0, 0.05) is 26.2 Å². The molecule has 2 heterocycles. The Morgan fingerprint density at radius 2 is 1.78 bits per heavy atom. The van der Waals surface area contributed by atoms with Crippen LogP contribution in [0.3, 0.4) is 0 Å². The van der Waals surface area contributed by atoms with Crippen LogP contribution >= 0.6 is 0 Å². The van der Waals surface area contributed by atoms with Crippen LogP contribution in [0.5, 0.6) is 0 Å². The van der Waals surface area contributed by atoms with E-state index in [-0.39, 0.29) is 0 Å². The molecule has 0 aliphatic carbocycles. The van der Waals surface area contributed by atoms with E-state index in [1.54, 1.807) is 0 Å². The van der Waals surface area contributed by atoms with Crippen LogP contribution in [0.1, 0.15) is 0 Å². The Morgan fingerprint density at radius 1 is 1.22 bits per heavy atom. The van der Waals surface area contributed by atoms with Crippen LogP contribution in [-0.4, -0.2) is 38.1 Å². The Bertz CT molecular complexity index is 101. The number of hydrogen-bond donors (Lipinski definition) is 0. The molecule has 0 N–H and O–H groups in total. The second-order valence-corrected chi connectivity index (χ2v) is 3.33. The Balaban J connectivity index is 2.02. The van der Waals surface area contributed by atoms with E-state index in [9.17, 15) is 0 Å². The minimum absolute atomic E-state index is 0.912. The Hall–Kier alpha value is -0.0800. The van der Waals surface area contributed by atoms with Gasteiger partial charge in [-0.15, -0.1) is 0 Å². The molecule has 0 spiro atoms. The highest BCUT2D eigenvalue weighted by atomic mass is 15.2. The molecule has 2 heteroatoms. The van der Waals surface area contributed by atoms with Gasteiger partial charge in [-0.1, -0.05) is 0 Å². The van der Waals surface area contributed by atoms with Crippen molar-refractivity contribution in [3.8, 4) is 0 Å². The highest BCUT2D eigenvalue weighted by Gasteiger charge is 2.34. The third-order valence-corrected chi connectivity index (χ3v) is 2.49. The van der Waals surface area contributed by atoms with E-state index >= 15 is 0 Å². The van der Waals surface area contributed by atoms with Gasteiger partial charge in [0.1, 0.15) is 0 Å². The molecular weight excluding hydrogens is 112 g/mol. The lowest BCUT2D eigenvalue weighted by Crippen LogP contribution is -2.18. The quantitative estimate of drug-likeness (QED) is 0.437. The Labute approximate surface area is 56.2 Å². The summed E-state index contributed by atoms with van der Waals surface area (Å²) < 4.78 is 0. The molecule has 1 radical (unpaired) electrons. The molecular formula is C7H13N2. The molecule has 2 aliphatic rings. The van der Waals surface area contributed by atoms with Crippen LogP contribution in [0.25, 0.3) is 0 Å². The van der Waals surface area contributed by atoms with Gasteiger partial charge in [0.2, 0.25) is 0 Å². The molecule has 2 atom stereocenters. The first-order chi connectivity index (χ1) is 4.36. The zero-order valence-electron chi connectivity index (χ0n) is 5.88. The third-order valence-electron chi connectivity index (χ3n) is 2.49. The van der Waals surface area contributed by atoms with Crippen molar-refractivity contribution in [3.63, 3.8) is 0 Å². The minimum atomic E-state index is 0.912. The van der Waals surface area contributed by atoms with Crippen molar-refractivity contribution in [1.29, 1.82) is 0 Å². The lowest BCUT2D eigenvalue weighted by atomic mass is 10.0. The molecule has 0 aromatic carbocycles. The highest BCUT2D eigenvalue weighted by Crippen LogP contribution is 2.25. The second-order valence-electron chi connectivity index (χ2n) is 3.33. The zero-order valence-corrected chi connectivity index (χ0v) is 5.88. The van der Waals surface area contributed by atoms with E-state index in [0.717, 1.165) is 24.9 Å². The van der Waals surface area contributed by atoms with Crippen molar-refractivity contribution in [1.82, 2.24) is 10.2 Å². The van der Waals surface area contributed by atoms with Crippen LogP contribution < -0.4 is 5.32 Å². The predicted octanol–water partition coefficient (Wildman–Crippen LogP) is -0.218. The Morgan fingerprint density at radius 3 is 2.33 bits per heavy atom. The number of fused-ring (bicyclic) bond motifs is 1. The summed E-state index contributed by atoms with van der Waals surface area (Å²) in [5.41, 5.74) is 0. The van der Waals surface area contributed by atoms with Crippen LogP contribution in [-0.2, 0) is 0 Å². The molecule has 9 heavy (non-hydrogen) atoms. The maximum Gasteiger partial charge on any atom is 0.0177 e. The SMILES string of the molecule is CN1CC2C[N]CC2C1. The molecule has 0 saturated carbocycles. The Kier molecular flexibility index (Phi) is 1.24. The first-order valence-corrected chi connectivity index (χ1v) is 3.68. The number of likely N-dealkylation sites (tertiary alicyclic amines) is 1. The number of nitrogens with zero attached hydrogens (tertiary/aromatic N) is 2. The van der Waals surface area contributed by atoms with Crippen molar-refractivity contribution >= 4 is 0 Å². The molecule has 0 aromatic rings. The minimum Gasteiger partial charge on any atom is -0.306 e. The molecule has 0 amide bonds. The van der Waals surface area contributed by atoms with E-state index in [2.05, 4.69) is 17.3 Å². The van der Waals surface area contributed by atoms with E-state index in [0.29, 0.717) is 0 Å². The first kappa shape index (κ1) is 5.69. The summed E-state index contributed by atoms with van der Waals surface area (Å²) in [6.45, 7) is 4.84. The monoisotopic (exact) mass is 125 g/mol. The summed E-state index contributed by atoms with van der Waals surface area (Å²) in [5.74, 6) is 1.82. The standard InChI is InChI=1S/C7H13N2/c1-9-4-6-2-8-3-7(6)5-9/h6-7H,2-5H2,1H3. The molecule has 2 fully saturated rings. The first-order valence-electron chi connectivity index (χ1n) is 3.68. The molecule has 2 rings (SSSR count). The topological polar surface area (TPSA) is 17.3 Å². The van der Waals surface area contributed by atoms with E-state index in [1.807, 2.05) is 0 Å². The molecule has 2 aliphatic heterocycles. The van der Waals surface area contributed by atoms with Crippen molar-refractivity contribution in [3.05, 3.63) is 0 Å². The molecule has 0 aromatic heterocycles. The van der Waals surface area contributed by atoms with Gasteiger partial charge < -0.3 is 4.90 Å². The third kappa shape index (κ3) is 0.864. The summed E-state index contributed by atoms with van der Waals surface area (Å²) in [6, 6.07) is 0. The normalized spacial score (nSPS) is 43.7. The average molecular weight is 125 g/mol. The van der Waals surface area contributed by atoms with Crippen LogP contribution in [0, 0.1) is 11.8 Å². The van der Waals surface area contributed by atoms with Gasteiger partial charge in [0.25, 0.3) is 0 Å². The van der Waals surface area contributed by atoms with Gasteiger partial charge in [0.15, 0.2) is 0 Å². The fourth-order valence-electron chi connectivity index (χ4n) is 1.99. The fourth-order valence-corrected chi connectivity index (χ4v) is 1.99. The van der Waals surface area contributed by atoms with Crippen LogP contribution in [0.4, 0.5) is 0 Å². The van der Waals surface area contributed by atoms with Gasteiger partial charge in [-0.05, 0) is 18.9 Å². The number of rotatable bonds is 0. The summed E-state index contributed by atoms with van der Waals surface area (Å²) >= 11 is 0. The summed E-state index contributed by atoms with van der Waals surface area (Å²) in [7, 11) is 2.21. The molecule has 2 unspecified atom stereocenters. The summed E-state index contributed by atoms with van der Waals surface area (Å²) in [5, 5.41) is 4.38. The molecule has 0 bridgehead atoms. The maximum absolute atomic E-state index is 4.38. The lowest BCUT2D eigenvalue weighted by molar-refractivity contribution is 0.381. The predicted molar refractivity (Wildman–Crippen MR) is 36.3 cm³/mol. The van der Waals surface area contributed by atoms with E-state index in [1.165, 1.54) is 13.1 Å². The van der Waals surface area contributed by atoms with Crippen molar-refractivity contribution in [2.24, 2.45) is 11.8 Å². The highest BCUT2D eigenvalue weighted by molar-refractivity contribution is 4.89. The van der Waals surface area contributed by atoms with Gasteiger partial charge >= 0.3 is 0 Å². The van der Waals surface area contributed by atoms with Crippen LogP contribution in [0.15, 0.2) is 0 Å². The maximum atomic E-state index is 4.38. The second kappa shape index (κ2) is 1.96. The molecule has 2 saturated heterocycles. The zero-order chi connectivity index (χ0) is 6.27. The van der Waals surface area contributed by atoms with E-state index in [4.69, 9.17) is 0 Å². The van der Waals surface area contributed by atoms with Crippen molar-refractivity contribution < 1.29 is 0 Å². The van der Waals surface area contributed by atoms with Crippen molar-refractivity contribution in [2.45, 2.75) is 0 Å². The average Bonchev–Trinajstić information content (AvgIpc) is 2.22. The van der Waals surface area contributed by atoms with Crippen molar-refractivity contribution in [2.75, 3.05) is 33.2 Å². The van der Waals surface area contributed by atoms with Crippen LogP contribution in [0.2, 0.25) is 0 Å².